The average Bonchev–Trinajstić information content (AvgIpc) is 2.94. The summed E-state index contributed by atoms with van der Waals surface area (Å²) in [4.78, 5) is 0.910. The maximum Gasteiger partial charge on any atom is 0.129 e. The standard InChI is InChI=1S/C16H20O2S/c1-4-11(2)12-5-7-13(8-6-12)16(17)15-9-14(18-3)10-19-15/h5-11,16-17H,4H2,1-3H3. The minimum Gasteiger partial charge on any atom is -0.496 e. The number of methoxy groups -OCH3 is 1. The van der Waals surface area contributed by atoms with Crippen LogP contribution >= 0.6 is 11.3 Å². The minimum absolute atomic E-state index is 0.563. The van der Waals surface area contributed by atoms with E-state index < -0.39 is 6.10 Å². The van der Waals surface area contributed by atoms with Crippen LogP contribution in [-0.4, -0.2) is 12.2 Å². The molecule has 1 aromatic heterocycles. The topological polar surface area (TPSA) is 29.5 Å². The van der Waals surface area contributed by atoms with Crippen LogP contribution in [0.2, 0.25) is 0 Å². The molecule has 0 aliphatic heterocycles. The summed E-state index contributed by atoms with van der Waals surface area (Å²) in [7, 11) is 1.64. The number of aliphatic hydroxyl groups is 1. The Morgan fingerprint density at radius 3 is 2.37 bits per heavy atom. The highest BCUT2D eigenvalue weighted by atomic mass is 32.1. The minimum atomic E-state index is -0.570. The third-order valence-corrected chi connectivity index (χ3v) is 4.50. The van der Waals surface area contributed by atoms with Gasteiger partial charge in [-0.15, -0.1) is 11.3 Å². The van der Waals surface area contributed by atoms with Crippen LogP contribution in [0.3, 0.4) is 0 Å². The van der Waals surface area contributed by atoms with Crippen LogP contribution in [-0.2, 0) is 0 Å². The quantitative estimate of drug-likeness (QED) is 0.879. The average molecular weight is 276 g/mol. The molecular weight excluding hydrogens is 256 g/mol. The Morgan fingerprint density at radius 1 is 1.21 bits per heavy atom. The maximum atomic E-state index is 10.3. The number of thiophene rings is 1. The summed E-state index contributed by atoms with van der Waals surface area (Å²) in [5.41, 5.74) is 2.25. The Labute approximate surface area is 118 Å². The van der Waals surface area contributed by atoms with Crippen LogP contribution in [0.15, 0.2) is 35.7 Å². The lowest BCUT2D eigenvalue weighted by Crippen LogP contribution is -1.98. The van der Waals surface area contributed by atoms with E-state index in [0.29, 0.717) is 5.92 Å². The molecule has 0 spiro atoms. The van der Waals surface area contributed by atoms with Crippen LogP contribution in [0.1, 0.15) is 48.3 Å². The second kappa shape index (κ2) is 6.22. The molecule has 0 fully saturated rings. The van der Waals surface area contributed by atoms with E-state index in [0.717, 1.165) is 22.6 Å². The molecular formula is C16H20O2S. The SMILES string of the molecule is CCC(C)c1ccc(C(O)c2cc(OC)cs2)cc1. The lowest BCUT2D eigenvalue weighted by atomic mass is 9.96. The van der Waals surface area contributed by atoms with E-state index >= 15 is 0 Å². The Hall–Kier alpha value is -1.32. The Bertz CT molecular complexity index is 516. The molecule has 0 radical (unpaired) electrons. The number of rotatable bonds is 5. The molecule has 1 N–H and O–H groups in total. The van der Waals surface area contributed by atoms with Gasteiger partial charge in [-0.05, 0) is 29.5 Å². The molecule has 0 saturated heterocycles. The van der Waals surface area contributed by atoms with E-state index in [2.05, 4.69) is 26.0 Å². The molecule has 0 aliphatic rings. The van der Waals surface area contributed by atoms with E-state index in [-0.39, 0.29) is 0 Å². The Morgan fingerprint density at radius 2 is 1.84 bits per heavy atom. The number of ether oxygens (including phenoxy) is 1. The van der Waals surface area contributed by atoms with Crippen LogP contribution in [0, 0.1) is 0 Å². The van der Waals surface area contributed by atoms with Crippen molar-refractivity contribution in [3.05, 3.63) is 51.7 Å². The largest absolute Gasteiger partial charge is 0.496 e. The zero-order chi connectivity index (χ0) is 13.8. The third kappa shape index (κ3) is 3.17. The van der Waals surface area contributed by atoms with Crippen molar-refractivity contribution in [2.45, 2.75) is 32.3 Å². The van der Waals surface area contributed by atoms with Gasteiger partial charge in [-0.2, -0.15) is 0 Å². The van der Waals surface area contributed by atoms with Gasteiger partial charge in [-0.1, -0.05) is 38.1 Å². The summed E-state index contributed by atoms with van der Waals surface area (Å²) in [6, 6.07) is 10.1. The van der Waals surface area contributed by atoms with Gasteiger partial charge in [0.1, 0.15) is 11.9 Å². The van der Waals surface area contributed by atoms with Gasteiger partial charge in [0.25, 0.3) is 0 Å². The first-order valence-corrected chi connectivity index (χ1v) is 7.44. The highest BCUT2D eigenvalue weighted by Crippen LogP contribution is 2.31. The van der Waals surface area contributed by atoms with Crippen molar-refractivity contribution < 1.29 is 9.84 Å². The summed E-state index contributed by atoms with van der Waals surface area (Å²) in [5.74, 6) is 1.36. The molecule has 2 atom stereocenters. The van der Waals surface area contributed by atoms with Gasteiger partial charge in [0.05, 0.1) is 7.11 Å². The molecule has 102 valence electrons. The highest BCUT2D eigenvalue weighted by molar-refractivity contribution is 7.10. The first kappa shape index (κ1) is 14.1. The zero-order valence-electron chi connectivity index (χ0n) is 11.6. The van der Waals surface area contributed by atoms with Gasteiger partial charge < -0.3 is 9.84 Å². The van der Waals surface area contributed by atoms with Crippen molar-refractivity contribution >= 4 is 11.3 Å². The van der Waals surface area contributed by atoms with E-state index in [1.54, 1.807) is 7.11 Å². The lowest BCUT2D eigenvalue weighted by Gasteiger charge is -2.12. The number of aliphatic hydroxyl groups excluding tert-OH is 1. The summed E-state index contributed by atoms with van der Waals surface area (Å²) < 4.78 is 5.15. The third-order valence-electron chi connectivity index (χ3n) is 3.53. The first-order chi connectivity index (χ1) is 9.15. The first-order valence-electron chi connectivity index (χ1n) is 6.56. The van der Waals surface area contributed by atoms with Gasteiger partial charge in [-0.3, -0.25) is 0 Å². The Balaban J connectivity index is 2.17. The molecule has 2 rings (SSSR count). The summed E-state index contributed by atoms with van der Waals surface area (Å²) in [6.07, 6.45) is 0.559. The number of benzene rings is 1. The van der Waals surface area contributed by atoms with Crippen molar-refractivity contribution in [1.82, 2.24) is 0 Å². The predicted octanol–water partition coefficient (Wildman–Crippen LogP) is 4.35. The monoisotopic (exact) mass is 276 g/mol. The van der Waals surface area contributed by atoms with Crippen LogP contribution in [0.5, 0.6) is 5.75 Å². The van der Waals surface area contributed by atoms with Crippen LogP contribution in [0.4, 0.5) is 0 Å². The van der Waals surface area contributed by atoms with Crippen molar-refractivity contribution in [2.75, 3.05) is 7.11 Å². The predicted molar refractivity (Wildman–Crippen MR) is 80.1 cm³/mol. The maximum absolute atomic E-state index is 10.3. The van der Waals surface area contributed by atoms with E-state index in [1.807, 2.05) is 23.6 Å². The van der Waals surface area contributed by atoms with Gasteiger partial charge in [0, 0.05) is 10.3 Å². The Kier molecular flexibility index (Phi) is 4.61. The second-order valence-electron chi connectivity index (χ2n) is 4.77. The molecule has 2 nitrogen and oxygen atoms in total. The van der Waals surface area contributed by atoms with E-state index in [1.165, 1.54) is 16.9 Å². The fourth-order valence-corrected chi connectivity index (χ4v) is 2.86. The molecule has 2 aromatic rings. The molecule has 3 heteroatoms. The molecule has 0 amide bonds. The van der Waals surface area contributed by atoms with Gasteiger partial charge in [-0.25, -0.2) is 0 Å². The molecule has 0 bridgehead atoms. The summed E-state index contributed by atoms with van der Waals surface area (Å²) in [6.45, 7) is 4.40. The molecule has 1 aromatic carbocycles. The number of hydrogen-bond donors (Lipinski definition) is 1. The van der Waals surface area contributed by atoms with E-state index in [9.17, 15) is 5.11 Å². The second-order valence-corrected chi connectivity index (χ2v) is 5.71. The fourth-order valence-electron chi connectivity index (χ4n) is 1.99. The van der Waals surface area contributed by atoms with Gasteiger partial charge in [0.15, 0.2) is 0 Å². The lowest BCUT2D eigenvalue weighted by molar-refractivity contribution is 0.224. The molecule has 0 saturated carbocycles. The fraction of sp³-hybridized carbons (Fsp3) is 0.375. The van der Waals surface area contributed by atoms with E-state index in [4.69, 9.17) is 4.74 Å². The highest BCUT2D eigenvalue weighted by Gasteiger charge is 2.13. The van der Waals surface area contributed by atoms with Crippen molar-refractivity contribution in [1.29, 1.82) is 0 Å². The number of hydrogen-bond acceptors (Lipinski definition) is 3. The van der Waals surface area contributed by atoms with Crippen molar-refractivity contribution in [2.24, 2.45) is 0 Å². The van der Waals surface area contributed by atoms with Gasteiger partial charge in [0.2, 0.25) is 0 Å². The van der Waals surface area contributed by atoms with Crippen molar-refractivity contribution in [3.63, 3.8) is 0 Å². The normalized spacial score (nSPS) is 14.1. The van der Waals surface area contributed by atoms with Crippen LogP contribution < -0.4 is 4.74 Å². The molecule has 2 unspecified atom stereocenters. The smallest absolute Gasteiger partial charge is 0.129 e. The zero-order valence-corrected chi connectivity index (χ0v) is 12.4. The van der Waals surface area contributed by atoms with Crippen molar-refractivity contribution in [3.8, 4) is 5.75 Å². The van der Waals surface area contributed by atoms with Crippen LogP contribution in [0.25, 0.3) is 0 Å². The summed E-state index contributed by atoms with van der Waals surface area (Å²) in [5, 5.41) is 12.3. The molecule has 1 heterocycles. The van der Waals surface area contributed by atoms with Gasteiger partial charge >= 0.3 is 0 Å². The molecule has 19 heavy (non-hydrogen) atoms. The summed E-state index contributed by atoms with van der Waals surface area (Å²) >= 11 is 1.52. The molecule has 0 aliphatic carbocycles.